The molecule has 9 heteroatoms. The topological polar surface area (TPSA) is 108 Å². The summed E-state index contributed by atoms with van der Waals surface area (Å²) in [4.78, 5) is 25.3. The molecule has 350 valence electrons. The summed E-state index contributed by atoms with van der Waals surface area (Å²) in [6, 6.07) is -0.897. The van der Waals surface area contributed by atoms with Crippen molar-refractivity contribution in [3.8, 4) is 0 Å². The van der Waals surface area contributed by atoms with Gasteiger partial charge >= 0.3 is 0 Å². The van der Waals surface area contributed by atoms with Gasteiger partial charge in [0.15, 0.2) is 0 Å². The molecule has 3 unspecified atom stereocenters. The quantitative estimate of drug-likeness (QED) is 0.0273. The van der Waals surface area contributed by atoms with Gasteiger partial charge in [-0.3, -0.25) is 9.36 Å². The molecule has 0 rings (SSSR count). The number of amides is 1. The zero-order valence-corrected chi connectivity index (χ0v) is 40.6. The fourth-order valence-electron chi connectivity index (χ4n) is 7.41. The molecule has 0 saturated heterocycles. The fourth-order valence-corrected chi connectivity index (χ4v) is 8.13. The minimum Gasteiger partial charge on any atom is -0.756 e. The molecule has 0 aromatic rings. The number of aliphatic hydroxyl groups is 1. The second kappa shape index (κ2) is 42.3. The number of nitrogens with zero attached hydrogens (tertiary/aromatic N) is 1. The number of quaternary nitrogens is 1. The van der Waals surface area contributed by atoms with Gasteiger partial charge in [-0.15, -0.1) is 0 Å². The monoisotopic (exact) mass is 855 g/mol. The van der Waals surface area contributed by atoms with E-state index in [4.69, 9.17) is 9.05 Å². The number of phosphoric ester groups is 1. The first kappa shape index (κ1) is 58.0. The van der Waals surface area contributed by atoms with Gasteiger partial charge in [-0.05, 0) is 32.1 Å². The Bertz CT molecular complexity index is 1020. The summed E-state index contributed by atoms with van der Waals surface area (Å²) < 4.78 is 23.2. The summed E-state index contributed by atoms with van der Waals surface area (Å²) in [7, 11) is 1.25. The third-order valence-corrected chi connectivity index (χ3v) is 12.4. The van der Waals surface area contributed by atoms with Crippen molar-refractivity contribution in [1.82, 2.24) is 5.32 Å². The lowest BCUT2D eigenvalue weighted by Gasteiger charge is -2.29. The number of likely N-dealkylation sites (N-methyl/N-ethyl adjacent to an activating group) is 1. The number of unbranched alkanes of at least 4 members (excludes halogenated alkanes) is 31. The molecular weight excluding hydrogens is 756 g/mol. The number of allylic oxidation sites excluding steroid dienone is 3. The maximum absolute atomic E-state index is 12.8. The molecule has 0 aromatic heterocycles. The number of hydrogen-bond donors (Lipinski definition) is 2. The minimum atomic E-state index is -4.59. The standard InChI is InChI=1S/C50H99N2O6P/c1-6-8-10-12-14-16-18-19-20-21-22-23-24-25-26-27-28-29-30-31-32-33-34-35-37-39-41-43-49(53)48(47-58-59(55,56)57-46-45-52(3,4)5)51-50(54)44-42-40-38-36-17-15-13-11-9-7-2/h34-35,41,43,48-49,53H,6-33,36-40,42,44-47H2,1-5H3,(H-,51,54,55,56)/b35-34+,43-41+. The number of nitrogens with one attached hydrogen (secondary N) is 1. The maximum Gasteiger partial charge on any atom is 0.268 e. The Morgan fingerprint density at radius 1 is 0.576 bits per heavy atom. The lowest BCUT2D eigenvalue weighted by molar-refractivity contribution is -0.870. The number of phosphoric acid groups is 1. The van der Waals surface area contributed by atoms with Crippen molar-refractivity contribution < 1.29 is 32.9 Å². The van der Waals surface area contributed by atoms with Gasteiger partial charge in [0.05, 0.1) is 39.9 Å². The molecule has 0 saturated carbocycles. The van der Waals surface area contributed by atoms with Crippen LogP contribution in [0.3, 0.4) is 0 Å². The van der Waals surface area contributed by atoms with E-state index in [0.29, 0.717) is 17.4 Å². The van der Waals surface area contributed by atoms with Gasteiger partial charge in [0, 0.05) is 6.42 Å². The summed E-state index contributed by atoms with van der Waals surface area (Å²) in [5.41, 5.74) is 0. The van der Waals surface area contributed by atoms with Crippen LogP contribution in [0.15, 0.2) is 24.3 Å². The van der Waals surface area contributed by atoms with Crippen molar-refractivity contribution in [1.29, 1.82) is 0 Å². The van der Waals surface area contributed by atoms with Crippen LogP contribution in [0.5, 0.6) is 0 Å². The Balaban J connectivity index is 4.19. The van der Waals surface area contributed by atoms with Crippen LogP contribution >= 0.6 is 7.82 Å². The van der Waals surface area contributed by atoms with Crippen molar-refractivity contribution in [2.24, 2.45) is 0 Å². The van der Waals surface area contributed by atoms with E-state index in [1.807, 2.05) is 27.2 Å². The van der Waals surface area contributed by atoms with Crippen molar-refractivity contribution in [3.05, 3.63) is 24.3 Å². The highest BCUT2D eigenvalue weighted by molar-refractivity contribution is 7.45. The molecule has 0 bridgehead atoms. The van der Waals surface area contributed by atoms with Gasteiger partial charge < -0.3 is 28.8 Å². The molecule has 3 atom stereocenters. The van der Waals surface area contributed by atoms with Crippen LogP contribution in [0.4, 0.5) is 0 Å². The number of rotatable bonds is 46. The molecule has 0 aliphatic heterocycles. The van der Waals surface area contributed by atoms with E-state index in [-0.39, 0.29) is 19.1 Å². The first-order valence-corrected chi connectivity index (χ1v) is 26.7. The highest BCUT2D eigenvalue weighted by Crippen LogP contribution is 2.38. The van der Waals surface area contributed by atoms with Crippen LogP contribution in [-0.4, -0.2) is 68.5 Å². The second-order valence-corrected chi connectivity index (χ2v) is 19.9. The molecule has 0 spiro atoms. The molecule has 0 fully saturated rings. The van der Waals surface area contributed by atoms with E-state index in [2.05, 4.69) is 31.3 Å². The zero-order chi connectivity index (χ0) is 43.6. The van der Waals surface area contributed by atoms with Crippen molar-refractivity contribution in [2.75, 3.05) is 40.9 Å². The van der Waals surface area contributed by atoms with E-state index in [1.165, 1.54) is 180 Å². The first-order valence-electron chi connectivity index (χ1n) is 25.2. The molecule has 59 heavy (non-hydrogen) atoms. The molecule has 0 aliphatic rings. The van der Waals surface area contributed by atoms with Gasteiger partial charge in [0.1, 0.15) is 13.2 Å². The van der Waals surface area contributed by atoms with Crippen LogP contribution in [0.1, 0.15) is 239 Å². The lowest BCUT2D eigenvalue weighted by Crippen LogP contribution is -2.45. The smallest absolute Gasteiger partial charge is 0.268 e. The molecule has 0 heterocycles. The predicted molar refractivity (Wildman–Crippen MR) is 252 cm³/mol. The molecule has 2 N–H and O–H groups in total. The van der Waals surface area contributed by atoms with Gasteiger partial charge in [-0.25, -0.2) is 0 Å². The third-order valence-electron chi connectivity index (χ3n) is 11.4. The summed E-state index contributed by atoms with van der Waals surface area (Å²) in [5, 5.41) is 13.8. The summed E-state index contributed by atoms with van der Waals surface area (Å²) in [5.74, 6) is -0.208. The Morgan fingerprint density at radius 3 is 1.37 bits per heavy atom. The summed E-state index contributed by atoms with van der Waals surface area (Å²) in [6.45, 7) is 4.63. The minimum absolute atomic E-state index is 0.00434. The summed E-state index contributed by atoms with van der Waals surface area (Å²) >= 11 is 0. The Morgan fingerprint density at radius 2 is 0.949 bits per heavy atom. The largest absolute Gasteiger partial charge is 0.756 e. The lowest BCUT2D eigenvalue weighted by atomic mass is 10.0. The van der Waals surface area contributed by atoms with Crippen LogP contribution in [0.25, 0.3) is 0 Å². The zero-order valence-electron chi connectivity index (χ0n) is 39.7. The normalized spacial score (nSPS) is 14.4. The van der Waals surface area contributed by atoms with E-state index >= 15 is 0 Å². The Kier molecular flexibility index (Phi) is 41.6. The number of carbonyl (C=O) groups is 1. The fraction of sp³-hybridized carbons (Fsp3) is 0.900. The van der Waals surface area contributed by atoms with Gasteiger partial charge in [-0.1, -0.05) is 224 Å². The highest BCUT2D eigenvalue weighted by atomic mass is 31.2. The predicted octanol–water partition coefficient (Wildman–Crippen LogP) is 13.8. The van der Waals surface area contributed by atoms with E-state index < -0.39 is 20.0 Å². The van der Waals surface area contributed by atoms with Gasteiger partial charge in [0.25, 0.3) is 7.82 Å². The maximum atomic E-state index is 12.8. The third kappa shape index (κ3) is 44.8. The first-order chi connectivity index (χ1) is 28.5. The highest BCUT2D eigenvalue weighted by Gasteiger charge is 2.23. The second-order valence-electron chi connectivity index (χ2n) is 18.5. The van der Waals surface area contributed by atoms with Crippen LogP contribution in [0.2, 0.25) is 0 Å². The van der Waals surface area contributed by atoms with Gasteiger partial charge in [-0.2, -0.15) is 0 Å². The molecular formula is C50H99N2O6P. The molecule has 0 aromatic carbocycles. The summed E-state index contributed by atoms with van der Waals surface area (Å²) in [6.07, 6.45) is 51.2. The SMILES string of the molecule is CCCCCCCCCCCCCCCCCCCCCCC/C=C/CC/C=C/C(O)C(COP(=O)([O-])OCC[N+](C)(C)C)NC(=O)CCCCCCCCCCCC. The molecule has 0 radical (unpaired) electrons. The molecule has 0 aliphatic carbocycles. The van der Waals surface area contributed by atoms with Crippen molar-refractivity contribution >= 4 is 13.7 Å². The molecule has 8 nitrogen and oxygen atoms in total. The van der Waals surface area contributed by atoms with Crippen LogP contribution in [0, 0.1) is 0 Å². The van der Waals surface area contributed by atoms with Crippen molar-refractivity contribution in [2.45, 2.75) is 251 Å². The Hall–Kier alpha value is -1.02. The Labute approximate surface area is 366 Å². The van der Waals surface area contributed by atoms with Crippen LogP contribution in [-0.2, 0) is 18.4 Å². The molecule has 1 amide bonds. The van der Waals surface area contributed by atoms with E-state index in [1.54, 1.807) is 6.08 Å². The number of carbonyl (C=O) groups excluding carboxylic acids is 1. The van der Waals surface area contributed by atoms with E-state index in [0.717, 1.165) is 38.5 Å². The number of hydrogen-bond acceptors (Lipinski definition) is 6. The average molecular weight is 855 g/mol. The average Bonchev–Trinajstić information content (AvgIpc) is 3.19. The van der Waals surface area contributed by atoms with Crippen molar-refractivity contribution in [3.63, 3.8) is 0 Å². The van der Waals surface area contributed by atoms with E-state index in [9.17, 15) is 19.4 Å². The van der Waals surface area contributed by atoms with Crippen LogP contribution < -0.4 is 10.2 Å². The number of aliphatic hydroxyl groups excluding tert-OH is 1. The van der Waals surface area contributed by atoms with Gasteiger partial charge in [0.2, 0.25) is 5.91 Å².